The second-order valence-electron chi connectivity index (χ2n) is 4.75. The third-order valence-electron chi connectivity index (χ3n) is 2.13. The Morgan fingerprint density at radius 3 is 2.78 bits per heavy atom. The van der Waals surface area contributed by atoms with Gasteiger partial charge in [0.25, 0.3) is 0 Å². The minimum atomic E-state index is 0. The van der Waals surface area contributed by atoms with Gasteiger partial charge in [-0.25, -0.2) is 9.98 Å². The fourth-order valence-corrected chi connectivity index (χ4v) is 2.06. The van der Waals surface area contributed by atoms with Gasteiger partial charge in [-0.2, -0.15) is 0 Å². The van der Waals surface area contributed by atoms with Crippen molar-refractivity contribution in [3.05, 3.63) is 28.7 Å². The van der Waals surface area contributed by atoms with Gasteiger partial charge in [-0.05, 0) is 0 Å². The molecule has 1 aromatic rings. The molecule has 0 aliphatic heterocycles. The molecule has 0 atom stereocenters. The molecule has 6 heteroatoms. The number of guanidine groups is 1. The van der Waals surface area contributed by atoms with Crippen LogP contribution in [0.1, 0.15) is 31.5 Å². The minimum Gasteiger partial charge on any atom is -0.370 e. The summed E-state index contributed by atoms with van der Waals surface area (Å²) in [4.78, 5) is 8.75. The van der Waals surface area contributed by atoms with Crippen LogP contribution in [0.4, 0.5) is 0 Å². The van der Waals surface area contributed by atoms with E-state index in [-0.39, 0.29) is 29.4 Å². The monoisotopic (exact) mass is 380 g/mol. The number of nitrogens with two attached hydrogens (primary N) is 1. The second-order valence-corrected chi connectivity index (χ2v) is 5.69. The van der Waals surface area contributed by atoms with Gasteiger partial charge in [-0.15, -0.1) is 41.9 Å². The molecule has 0 saturated carbocycles. The highest BCUT2D eigenvalue weighted by Gasteiger charge is 2.17. The zero-order chi connectivity index (χ0) is 12.9. The summed E-state index contributed by atoms with van der Waals surface area (Å²) in [6.45, 7) is 11.2. The van der Waals surface area contributed by atoms with Crippen molar-refractivity contribution in [1.82, 2.24) is 10.3 Å². The molecule has 0 saturated heterocycles. The molecule has 0 unspecified atom stereocenters. The average Bonchev–Trinajstić information content (AvgIpc) is 2.71. The number of nitrogens with one attached hydrogen (secondary N) is 1. The Balaban J connectivity index is 0.00000289. The van der Waals surface area contributed by atoms with E-state index in [2.05, 4.69) is 48.0 Å². The first-order chi connectivity index (χ1) is 7.93. The number of aromatic nitrogens is 1. The Morgan fingerprint density at radius 2 is 2.28 bits per heavy atom. The zero-order valence-electron chi connectivity index (χ0n) is 11.1. The Bertz CT molecular complexity index is 406. The fraction of sp³-hybridized carbons (Fsp3) is 0.500. The predicted molar refractivity (Wildman–Crippen MR) is 89.8 cm³/mol. The predicted octanol–water partition coefficient (Wildman–Crippen LogP) is 2.65. The van der Waals surface area contributed by atoms with Gasteiger partial charge in [-0.3, -0.25) is 0 Å². The van der Waals surface area contributed by atoms with Crippen LogP contribution in [-0.4, -0.2) is 17.5 Å². The highest BCUT2D eigenvalue weighted by molar-refractivity contribution is 14.0. The van der Waals surface area contributed by atoms with Crippen molar-refractivity contribution >= 4 is 41.3 Å². The van der Waals surface area contributed by atoms with Crippen molar-refractivity contribution in [3.8, 4) is 0 Å². The maximum Gasteiger partial charge on any atom is 0.189 e. The maximum atomic E-state index is 5.67. The van der Waals surface area contributed by atoms with Crippen LogP contribution in [0, 0.1) is 0 Å². The van der Waals surface area contributed by atoms with E-state index in [0.717, 1.165) is 10.7 Å². The molecule has 3 N–H and O–H groups in total. The van der Waals surface area contributed by atoms with Gasteiger partial charge in [0.1, 0.15) is 5.01 Å². The SMILES string of the molecule is C=CCNC(N)=NCc1nc(C(C)(C)C)cs1.I. The topological polar surface area (TPSA) is 63.3 Å². The average molecular weight is 380 g/mol. The molecular formula is C12H21IN4S. The zero-order valence-corrected chi connectivity index (χ0v) is 14.2. The van der Waals surface area contributed by atoms with Gasteiger partial charge in [0, 0.05) is 17.3 Å². The number of thiazole rings is 1. The molecule has 0 radical (unpaired) electrons. The molecule has 0 spiro atoms. The molecule has 0 aliphatic carbocycles. The van der Waals surface area contributed by atoms with Crippen molar-refractivity contribution in [3.63, 3.8) is 0 Å². The lowest BCUT2D eigenvalue weighted by Crippen LogP contribution is -2.31. The van der Waals surface area contributed by atoms with E-state index in [9.17, 15) is 0 Å². The molecule has 4 nitrogen and oxygen atoms in total. The molecule has 0 fully saturated rings. The first kappa shape index (κ1) is 17.4. The Hall–Kier alpha value is -0.630. The molecule has 0 bridgehead atoms. The summed E-state index contributed by atoms with van der Waals surface area (Å²) in [6, 6.07) is 0. The van der Waals surface area contributed by atoms with Crippen LogP contribution >= 0.6 is 35.3 Å². The lowest BCUT2D eigenvalue weighted by atomic mass is 9.93. The number of rotatable bonds is 4. The van der Waals surface area contributed by atoms with E-state index in [1.807, 2.05) is 0 Å². The third kappa shape index (κ3) is 5.81. The van der Waals surface area contributed by atoms with Gasteiger partial charge < -0.3 is 11.1 Å². The Kier molecular flexibility index (Phi) is 7.46. The molecule has 0 amide bonds. The highest BCUT2D eigenvalue weighted by Crippen LogP contribution is 2.24. The number of hydrogen-bond acceptors (Lipinski definition) is 3. The molecule has 0 aromatic carbocycles. The van der Waals surface area contributed by atoms with Crippen LogP contribution in [0.25, 0.3) is 0 Å². The fourth-order valence-electron chi connectivity index (χ4n) is 1.11. The van der Waals surface area contributed by atoms with Crippen molar-refractivity contribution in [2.75, 3.05) is 6.54 Å². The van der Waals surface area contributed by atoms with Crippen molar-refractivity contribution in [2.24, 2.45) is 10.7 Å². The standard InChI is InChI=1S/C12H20N4S.HI/c1-5-6-14-11(13)15-7-10-16-9(8-17-10)12(2,3)4;/h5,8H,1,6-7H2,2-4H3,(H3,13,14,15);1H. The summed E-state index contributed by atoms with van der Waals surface area (Å²) in [5.41, 5.74) is 6.86. The number of nitrogens with zero attached hydrogens (tertiary/aromatic N) is 2. The summed E-state index contributed by atoms with van der Waals surface area (Å²) in [5, 5.41) is 5.99. The van der Waals surface area contributed by atoms with Crippen LogP contribution < -0.4 is 11.1 Å². The van der Waals surface area contributed by atoms with Crippen LogP contribution in [-0.2, 0) is 12.0 Å². The lowest BCUT2D eigenvalue weighted by Gasteiger charge is -2.14. The van der Waals surface area contributed by atoms with Gasteiger partial charge >= 0.3 is 0 Å². The molecule has 18 heavy (non-hydrogen) atoms. The normalized spacial score (nSPS) is 11.8. The van der Waals surface area contributed by atoms with Gasteiger partial charge in [0.2, 0.25) is 0 Å². The van der Waals surface area contributed by atoms with Gasteiger partial charge in [0.05, 0.1) is 12.2 Å². The van der Waals surface area contributed by atoms with E-state index in [4.69, 9.17) is 5.73 Å². The summed E-state index contributed by atoms with van der Waals surface area (Å²) in [5.74, 6) is 0.428. The summed E-state index contributed by atoms with van der Waals surface area (Å²) in [7, 11) is 0. The van der Waals surface area contributed by atoms with Crippen molar-refractivity contribution in [2.45, 2.75) is 32.7 Å². The third-order valence-corrected chi connectivity index (χ3v) is 2.97. The Morgan fingerprint density at radius 1 is 1.61 bits per heavy atom. The minimum absolute atomic E-state index is 0. The van der Waals surface area contributed by atoms with Crippen LogP contribution in [0.5, 0.6) is 0 Å². The van der Waals surface area contributed by atoms with Crippen LogP contribution in [0.15, 0.2) is 23.0 Å². The highest BCUT2D eigenvalue weighted by atomic mass is 127. The summed E-state index contributed by atoms with van der Waals surface area (Å²) < 4.78 is 0. The van der Waals surface area contributed by atoms with E-state index >= 15 is 0 Å². The first-order valence-corrected chi connectivity index (χ1v) is 6.41. The number of halogens is 1. The van der Waals surface area contributed by atoms with E-state index in [1.165, 1.54) is 0 Å². The molecule has 1 heterocycles. The first-order valence-electron chi connectivity index (χ1n) is 5.53. The second kappa shape index (κ2) is 7.73. The molecular weight excluding hydrogens is 359 g/mol. The van der Waals surface area contributed by atoms with Gasteiger partial charge in [-0.1, -0.05) is 26.8 Å². The smallest absolute Gasteiger partial charge is 0.189 e. The van der Waals surface area contributed by atoms with Crippen LogP contribution in [0.3, 0.4) is 0 Å². The number of hydrogen-bond donors (Lipinski definition) is 2. The molecule has 0 aliphatic rings. The maximum absolute atomic E-state index is 5.67. The van der Waals surface area contributed by atoms with E-state index in [0.29, 0.717) is 19.0 Å². The largest absolute Gasteiger partial charge is 0.370 e. The summed E-state index contributed by atoms with van der Waals surface area (Å²) in [6.07, 6.45) is 1.74. The molecule has 1 rings (SSSR count). The Labute approximate surface area is 130 Å². The van der Waals surface area contributed by atoms with Crippen LogP contribution in [0.2, 0.25) is 0 Å². The van der Waals surface area contributed by atoms with Gasteiger partial charge in [0.15, 0.2) is 5.96 Å². The lowest BCUT2D eigenvalue weighted by molar-refractivity contribution is 0.571. The van der Waals surface area contributed by atoms with E-state index in [1.54, 1.807) is 17.4 Å². The molecule has 102 valence electrons. The van der Waals surface area contributed by atoms with Crippen molar-refractivity contribution in [1.29, 1.82) is 0 Å². The number of aliphatic imine (C=N–C) groups is 1. The quantitative estimate of drug-likeness (QED) is 0.365. The molecule has 1 aromatic heterocycles. The van der Waals surface area contributed by atoms with E-state index < -0.39 is 0 Å². The summed E-state index contributed by atoms with van der Waals surface area (Å²) >= 11 is 1.62. The van der Waals surface area contributed by atoms with Crippen molar-refractivity contribution < 1.29 is 0 Å².